The summed E-state index contributed by atoms with van der Waals surface area (Å²) in [5, 5.41) is 4.12. The van der Waals surface area contributed by atoms with Gasteiger partial charge in [-0.3, -0.25) is 4.98 Å². The molecule has 0 fully saturated rings. The monoisotopic (exact) mass is 370 g/mol. The van der Waals surface area contributed by atoms with Crippen molar-refractivity contribution in [2.24, 2.45) is 0 Å². The van der Waals surface area contributed by atoms with Crippen LogP contribution in [0.25, 0.3) is 17.2 Å². The largest absolute Gasteiger partial charge is 0.534 e. The van der Waals surface area contributed by atoms with Gasteiger partial charge in [0, 0.05) is 6.20 Å². The van der Waals surface area contributed by atoms with Crippen molar-refractivity contribution in [2.45, 2.75) is 5.51 Å². The van der Waals surface area contributed by atoms with Gasteiger partial charge in [0.2, 0.25) is 0 Å². The number of hydrogen-bond donors (Lipinski definition) is 0. The molecule has 0 atom stereocenters. The molecule has 3 heterocycles. The second kappa shape index (κ2) is 6.16. The highest BCUT2D eigenvalue weighted by atomic mass is 32.2. The van der Waals surface area contributed by atoms with Gasteiger partial charge >= 0.3 is 15.6 Å². The highest BCUT2D eigenvalue weighted by Gasteiger charge is 2.48. The molecule has 25 heavy (non-hydrogen) atoms. The molecule has 0 unspecified atom stereocenters. The summed E-state index contributed by atoms with van der Waals surface area (Å²) < 4.78 is 64.4. The van der Waals surface area contributed by atoms with E-state index in [2.05, 4.69) is 19.2 Å². The summed E-state index contributed by atoms with van der Waals surface area (Å²) in [4.78, 5) is 8.07. The maximum Gasteiger partial charge on any atom is 0.534 e. The molecule has 0 saturated heterocycles. The van der Waals surface area contributed by atoms with Crippen LogP contribution < -0.4 is 4.18 Å². The predicted octanol–water partition coefficient (Wildman–Crippen LogP) is 2.56. The lowest BCUT2D eigenvalue weighted by Gasteiger charge is -2.10. The molecule has 130 valence electrons. The van der Waals surface area contributed by atoms with E-state index >= 15 is 0 Å². The molecule has 0 N–H and O–H groups in total. The van der Waals surface area contributed by atoms with E-state index in [9.17, 15) is 21.6 Å². The lowest BCUT2D eigenvalue weighted by molar-refractivity contribution is -0.0500. The average molecular weight is 370 g/mol. The van der Waals surface area contributed by atoms with E-state index < -0.39 is 21.4 Å². The summed E-state index contributed by atoms with van der Waals surface area (Å²) in [6.07, 6.45) is 3.96. The molecule has 0 spiro atoms. The van der Waals surface area contributed by atoms with Gasteiger partial charge in [-0.25, -0.2) is 9.67 Å². The quantitative estimate of drug-likeness (QED) is 0.518. The summed E-state index contributed by atoms with van der Waals surface area (Å²) in [5.74, 6) is -0.0331. The van der Waals surface area contributed by atoms with Gasteiger partial charge < -0.3 is 4.18 Å². The van der Waals surface area contributed by atoms with Crippen LogP contribution in [0.3, 0.4) is 0 Å². The molecule has 0 amide bonds. The van der Waals surface area contributed by atoms with Crippen LogP contribution in [0.2, 0.25) is 0 Å². The van der Waals surface area contributed by atoms with Crippen molar-refractivity contribution in [1.29, 1.82) is 0 Å². The van der Waals surface area contributed by atoms with Crippen LogP contribution in [0.5, 0.6) is 5.75 Å². The Hall–Kier alpha value is -2.95. The van der Waals surface area contributed by atoms with E-state index in [1.54, 1.807) is 30.5 Å². The van der Waals surface area contributed by atoms with Crippen LogP contribution in [0.1, 0.15) is 0 Å². The van der Waals surface area contributed by atoms with Crippen LogP contribution in [0.15, 0.2) is 55.0 Å². The maximum absolute atomic E-state index is 12.3. The van der Waals surface area contributed by atoms with E-state index in [4.69, 9.17) is 0 Å². The summed E-state index contributed by atoms with van der Waals surface area (Å²) in [7, 11) is -5.74. The van der Waals surface area contributed by atoms with Gasteiger partial charge in [0.25, 0.3) is 0 Å². The summed E-state index contributed by atoms with van der Waals surface area (Å²) in [5.41, 5.74) is -4.65. The van der Waals surface area contributed by atoms with E-state index in [0.717, 1.165) is 12.3 Å². The number of pyridine rings is 2. The van der Waals surface area contributed by atoms with E-state index in [-0.39, 0.29) is 0 Å². The molecule has 11 heteroatoms. The SMILES string of the molecule is O=S(=O)(Oc1ccc(-c2ccnn2-c2ccccn2)nc1)C(F)(F)F. The molecule has 3 rings (SSSR count). The molecular weight excluding hydrogens is 361 g/mol. The first kappa shape index (κ1) is 16.9. The zero-order chi connectivity index (χ0) is 18.1. The topological polar surface area (TPSA) is 87.0 Å². The number of hydrogen-bond acceptors (Lipinski definition) is 6. The Kier molecular flexibility index (Phi) is 4.17. The fourth-order valence-corrected chi connectivity index (χ4v) is 2.36. The summed E-state index contributed by atoms with van der Waals surface area (Å²) in [6, 6.07) is 9.23. The van der Waals surface area contributed by atoms with Crippen molar-refractivity contribution in [3.8, 4) is 23.0 Å². The second-order valence-corrected chi connectivity index (χ2v) is 6.22. The number of halogens is 3. The van der Waals surface area contributed by atoms with Crippen molar-refractivity contribution in [2.75, 3.05) is 0 Å². The third-order valence-corrected chi connectivity index (χ3v) is 3.98. The van der Waals surface area contributed by atoms with Crippen LogP contribution in [0.4, 0.5) is 13.2 Å². The lowest BCUT2D eigenvalue weighted by atomic mass is 10.2. The van der Waals surface area contributed by atoms with E-state index in [0.29, 0.717) is 17.2 Å². The van der Waals surface area contributed by atoms with Gasteiger partial charge in [-0.15, -0.1) is 0 Å². The van der Waals surface area contributed by atoms with Crippen LogP contribution >= 0.6 is 0 Å². The Bertz CT molecular complexity index is 971. The summed E-state index contributed by atoms with van der Waals surface area (Å²) in [6.45, 7) is 0. The molecule has 0 radical (unpaired) electrons. The molecule has 0 aliphatic heterocycles. The molecular formula is C14H9F3N4O3S. The number of rotatable bonds is 4. The van der Waals surface area contributed by atoms with E-state index in [1.807, 2.05) is 0 Å². The van der Waals surface area contributed by atoms with Crippen LogP contribution in [0, 0.1) is 0 Å². The minimum absolute atomic E-state index is 0.347. The molecule has 0 aliphatic carbocycles. The molecule has 0 aromatic carbocycles. The van der Waals surface area contributed by atoms with Crippen LogP contribution in [-0.4, -0.2) is 33.7 Å². The van der Waals surface area contributed by atoms with Gasteiger partial charge in [-0.2, -0.15) is 26.7 Å². The first-order chi connectivity index (χ1) is 11.8. The molecule has 0 aliphatic rings. The standard InChI is InChI=1S/C14H9F3N4O3S/c15-14(16,17)25(22,23)24-10-4-5-11(19-9-10)12-6-8-20-21(12)13-3-1-2-7-18-13/h1-9H. The third kappa shape index (κ3) is 3.45. The lowest BCUT2D eigenvalue weighted by Crippen LogP contribution is -2.28. The van der Waals surface area contributed by atoms with Gasteiger partial charge in [0.1, 0.15) is 0 Å². The average Bonchev–Trinajstić information content (AvgIpc) is 3.04. The normalized spacial score (nSPS) is 12.1. The molecule has 0 saturated carbocycles. The zero-order valence-corrected chi connectivity index (χ0v) is 13.1. The zero-order valence-electron chi connectivity index (χ0n) is 12.3. The van der Waals surface area contributed by atoms with Gasteiger partial charge in [0.05, 0.1) is 23.8 Å². The number of nitrogens with zero attached hydrogens (tertiary/aromatic N) is 4. The molecule has 0 bridgehead atoms. The van der Waals surface area contributed by atoms with Gasteiger partial charge in [0.15, 0.2) is 11.6 Å². The van der Waals surface area contributed by atoms with Crippen LogP contribution in [-0.2, 0) is 10.1 Å². The Balaban J connectivity index is 1.89. The Morgan fingerprint density at radius 1 is 1.00 bits per heavy atom. The summed E-state index contributed by atoms with van der Waals surface area (Å²) >= 11 is 0. The van der Waals surface area contributed by atoms with Crippen molar-refractivity contribution >= 4 is 10.1 Å². The highest BCUT2D eigenvalue weighted by Crippen LogP contribution is 2.27. The minimum atomic E-state index is -5.74. The number of alkyl halides is 3. The smallest absolute Gasteiger partial charge is 0.374 e. The molecule has 3 aromatic heterocycles. The fraction of sp³-hybridized carbons (Fsp3) is 0.0714. The Morgan fingerprint density at radius 3 is 2.40 bits per heavy atom. The molecule has 7 nitrogen and oxygen atoms in total. The molecule has 3 aromatic rings. The predicted molar refractivity (Wildman–Crippen MR) is 80.2 cm³/mol. The number of aromatic nitrogens is 4. The Labute approximate surface area is 139 Å². The Morgan fingerprint density at radius 2 is 1.80 bits per heavy atom. The van der Waals surface area contributed by atoms with Crippen molar-refractivity contribution < 1.29 is 25.8 Å². The van der Waals surface area contributed by atoms with Crippen molar-refractivity contribution in [1.82, 2.24) is 19.7 Å². The van der Waals surface area contributed by atoms with Crippen molar-refractivity contribution in [3.05, 3.63) is 55.0 Å². The highest BCUT2D eigenvalue weighted by molar-refractivity contribution is 7.87. The second-order valence-electron chi connectivity index (χ2n) is 4.68. The maximum atomic E-state index is 12.3. The first-order valence-corrected chi connectivity index (χ1v) is 8.11. The van der Waals surface area contributed by atoms with E-state index in [1.165, 1.54) is 16.9 Å². The first-order valence-electron chi connectivity index (χ1n) is 6.70. The van der Waals surface area contributed by atoms with Gasteiger partial charge in [-0.05, 0) is 30.3 Å². The third-order valence-electron chi connectivity index (χ3n) is 3.00. The van der Waals surface area contributed by atoms with Gasteiger partial charge in [-0.1, -0.05) is 6.07 Å². The minimum Gasteiger partial charge on any atom is -0.374 e. The van der Waals surface area contributed by atoms with Crippen molar-refractivity contribution in [3.63, 3.8) is 0 Å². The fourth-order valence-electron chi connectivity index (χ4n) is 1.91.